The second-order valence-electron chi connectivity index (χ2n) is 8.36. The fraction of sp³-hybridized carbons (Fsp3) is 0.0333. The van der Waals surface area contributed by atoms with Gasteiger partial charge in [-0.1, -0.05) is 66.2 Å². The number of barbiturate groups is 1. The number of benzene rings is 4. The summed E-state index contributed by atoms with van der Waals surface area (Å²) >= 11 is 6.23. The van der Waals surface area contributed by atoms with Crippen LogP contribution < -0.4 is 14.5 Å². The first-order chi connectivity index (χ1) is 18.4. The number of carbonyl (C=O) groups excluding carboxylic acids is 3. The standard InChI is InChI=1S/C30H20ClFN2O4/c31-22-15-16-27(38-19-20-9-7-8-14-26(20)32)21(17-22)18-25-28(35)33(23-10-3-1-4-11-23)30(37)34(29(25)36)24-12-5-2-6-13-24/h1-18H,19H2. The van der Waals surface area contributed by atoms with E-state index in [1.165, 1.54) is 18.2 Å². The number of hydrogen-bond donors (Lipinski definition) is 0. The molecule has 0 aromatic heterocycles. The minimum atomic E-state index is -0.795. The summed E-state index contributed by atoms with van der Waals surface area (Å²) in [6.45, 7) is -0.0862. The number of imide groups is 2. The molecule has 1 aliphatic heterocycles. The van der Waals surface area contributed by atoms with Crippen LogP contribution in [0.2, 0.25) is 5.02 Å². The molecule has 0 spiro atoms. The van der Waals surface area contributed by atoms with Crippen molar-refractivity contribution in [2.75, 3.05) is 9.80 Å². The van der Waals surface area contributed by atoms with Crippen molar-refractivity contribution in [3.8, 4) is 5.75 Å². The van der Waals surface area contributed by atoms with Crippen molar-refractivity contribution < 1.29 is 23.5 Å². The van der Waals surface area contributed by atoms with E-state index in [-0.39, 0.29) is 17.9 Å². The lowest BCUT2D eigenvalue weighted by atomic mass is 10.0. The molecular weight excluding hydrogens is 507 g/mol. The molecule has 0 aliphatic carbocycles. The van der Waals surface area contributed by atoms with E-state index in [0.717, 1.165) is 9.80 Å². The summed E-state index contributed by atoms with van der Waals surface area (Å²) in [7, 11) is 0. The highest BCUT2D eigenvalue weighted by molar-refractivity contribution is 6.46. The van der Waals surface area contributed by atoms with Crippen molar-refractivity contribution in [1.82, 2.24) is 0 Å². The zero-order chi connectivity index (χ0) is 26.6. The number of rotatable bonds is 6. The van der Waals surface area contributed by atoms with E-state index in [0.29, 0.717) is 27.5 Å². The monoisotopic (exact) mass is 526 g/mol. The van der Waals surface area contributed by atoms with Crippen molar-refractivity contribution in [1.29, 1.82) is 0 Å². The predicted molar refractivity (Wildman–Crippen MR) is 143 cm³/mol. The van der Waals surface area contributed by atoms with E-state index in [1.807, 2.05) is 0 Å². The summed E-state index contributed by atoms with van der Waals surface area (Å²) < 4.78 is 20.0. The number of hydrogen-bond acceptors (Lipinski definition) is 4. The summed E-state index contributed by atoms with van der Waals surface area (Å²) in [5.74, 6) is -1.73. The first-order valence-electron chi connectivity index (χ1n) is 11.6. The Kier molecular flexibility index (Phi) is 7.02. The minimum absolute atomic E-state index is 0.0862. The van der Waals surface area contributed by atoms with Crippen LogP contribution in [0.4, 0.5) is 20.6 Å². The van der Waals surface area contributed by atoms with Crippen LogP contribution in [0.15, 0.2) is 109 Å². The highest BCUT2D eigenvalue weighted by atomic mass is 35.5. The van der Waals surface area contributed by atoms with E-state index in [9.17, 15) is 18.8 Å². The molecule has 4 aromatic carbocycles. The van der Waals surface area contributed by atoms with Gasteiger partial charge in [0.1, 0.15) is 23.7 Å². The summed E-state index contributed by atoms with van der Waals surface area (Å²) in [6.07, 6.45) is 1.34. The zero-order valence-corrected chi connectivity index (χ0v) is 20.6. The molecule has 188 valence electrons. The van der Waals surface area contributed by atoms with E-state index < -0.39 is 23.7 Å². The average Bonchev–Trinajstić information content (AvgIpc) is 2.93. The van der Waals surface area contributed by atoms with E-state index in [1.54, 1.807) is 91.0 Å². The Morgan fingerprint density at radius 1 is 0.737 bits per heavy atom. The third-order valence-corrected chi connectivity index (χ3v) is 6.13. The fourth-order valence-corrected chi connectivity index (χ4v) is 4.21. The number of para-hydroxylation sites is 2. The Morgan fingerprint density at radius 2 is 1.29 bits per heavy atom. The quantitative estimate of drug-likeness (QED) is 0.209. The second-order valence-corrected chi connectivity index (χ2v) is 8.79. The van der Waals surface area contributed by atoms with Crippen LogP contribution in [-0.4, -0.2) is 17.8 Å². The van der Waals surface area contributed by atoms with Crippen LogP contribution >= 0.6 is 11.6 Å². The van der Waals surface area contributed by atoms with E-state index in [2.05, 4.69) is 0 Å². The first kappa shape index (κ1) is 24.9. The third kappa shape index (κ3) is 4.92. The van der Waals surface area contributed by atoms with Gasteiger partial charge in [-0.05, 0) is 54.6 Å². The fourth-order valence-electron chi connectivity index (χ4n) is 4.03. The second kappa shape index (κ2) is 10.7. The Morgan fingerprint density at radius 3 is 1.87 bits per heavy atom. The Bertz CT molecular complexity index is 1490. The van der Waals surface area contributed by atoms with Crippen LogP contribution in [0.5, 0.6) is 5.75 Å². The van der Waals surface area contributed by atoms with Gasteiger partial charge in [-0.25, -0.2) is 19.0 Å². The molecule has 0 saturated carbocycles. The maximum absolute atomic E-state index is 14.1. The average molecular weight is 527 g/mol. The van der Waals surface area contributed by atoms with Gasteiger partial charge in [-0.2, -0.15) is 0 Å². The number of nitrogens with zero attached hydrogens (tertiary/aromatic N) is 2. The molecule has 5 rings (SSSR count). The van der Waals surface area contributed by atoms with Gasteiger partial charge < -0.3 is 4.74 Å². The van der Waals surface area contributed by atoms with Crippen LogP contribution in [0.25, 0.3) is 6.08 Å². The molecule has 1 aliphatic rings. The lowest BCUT2D eigenvalue weighted by molar-refractivity contribution is -0.121. The first-order valence-corrected chi connectivity index (χ1v) is 12.0. The van der Waals surface area contributed by atoms with Gasteiger partial charge in [-0.3, -0.25) is 9.59 Å². The lowest BCUT2D eigenvalue weighted by Crippen LogP contribution is -2.57. The summed E-state index contributed by atoms with van der Waals surface area (Å²) in [4.78, 5) is 42.6. The third-order valence-electron chi connectivity index (χ3n) is 5.89. The number of ether oxygens (including phenoxy) is 1. The molecule has 0 N–H and O–H groups in total. The topological polar surface area (TPSA) is 66.9 Å². The minimum Gasteiger partial charge on any atom is -0.488 e. The van der Waals surface area contributed by atoms with Crippen molar-refractivity contribution in [2.24, 2.45) is 0 Å². The molecule has 0 radical (unpaired) electrons. The lowest BCUT2D eigenvalue weighted by Gasteiger charge is -2.34. The molecule has 6 nitrogen and oxygen atoms in total. The molecule has 1 saturated heterocycles. The van der Waals surface area contributed by atoms with Crippen molar-refractivity contribution in [3.63, 3.8) is 0 Å². The maximum atomic E-state index is 14.1. The number of carbonyl (C=O) groups is 3. The van der Waals surface area contributed by atoms with Crippen molar-refractivity contribution in [3.05, 3.63) is 131 Å². The molecule has 38 heavy (non-hydrogen) atoms. The van der Waals surface area contributed by atoms with Gasteiger partial charge in [0.2, 0.25) is 0 Å². The molecule has 4 aromatic rings. The Hall–Kier alpha value is -4.75. The summed E-state index contributed by atoms with van der Waals surface area (Å²) in [5.41, 5.74) is 1.01. The normalized spacial score (nSPS) is 13.6. The smallest absolute Gasteiger partial charge is 0.343 e. The van der Waals surface area contributed by atoms with Crippen LogP contribution in [0.3, 0.4) is 0 Å². The van der Waals surface area contributed by atoms with Gasteiger partial charge in [0.25, 0.3) is 11.8 Å². The van der Waals surface area contributed by atoms with Gasteiger partial charge in [0.05, 0.1) is 11.4 Å². The number of halogens is 2. The highest BCUT2D eigenvalue weighted by Crippen LogP contribution is 2.32. The van der Waals surface area contributed by atoms with Crippen LogP contribution in [-0.2, 0) is 16.2 Å². The highest BCUT2D eigenvalue weighted by Gasteiger charge is 2.43. The molecule has 1 fully saturated rings. The number of anilines is 2. The van der Waals surface area contributed by atoms with Gasteiger partial charge >= 0.3 is 6.03 Å². The molecule has 4 amide bonds. The molecular formula is C30H20ClFN2O4. The number of amides is 4. The largest absolute Gasteiger partial charge is 0.488 e. The van der Waals surface area contributed by atoms with E-state index >= 15 is 0 Å². The Balaban J connectivity index is 1.59. The van der Waals surface area contributed by atoms with Gasteiger partial charge in [-0.15, -0.1) is 0 Å². The molecule has 8 heteroatoms. The molecule has 1 heterocycles. The van der Waals surface area contributed by atoms with Crippen molar-refractivity contribution >= 4 is 46.9 Å². The van der Waals surface area contributed by atoms with Crippen LogP contribution in [0.1, 0.15) is 11.1 Å². The number of urea groups is 1. The molecule has 0 unspecified atom stereocenters. The molecule has 0 bridgehead atoms. The Labute approximate surface area is 223 Å². The maximum Gasteiger partial charge on any atom is 0.343 e. The predicted octanol–water partition coefficient (Wildman–Crippen LogP) is 6.64. The van der Waals surface area contributed by atoms with Gasteiger partial charge in [0, 0.05) is 16.1 Å². The van der Waals surface area contributed by atoms with Crippen LogP contribution in [0, 0.1) is 5.82 Å². The van der Waals surface area contributed by atoms with E-state index in [4.69, 9.17) is 16.3 Å². The summed E-state index contributed by atoms with van der Waals surface area (Å²) in [5, 5.41) is 0.335. The van der Waals surface area contributed by atoms with Crippen molar-refractivity contribution in [2.45, 2.75) is 6.61 Å². The molecule has 0 atom stereocenters. The zero-order valence-electron chi connectivity index (χ0n) is 19.9. The summed E-state index contributed by atoms with van der Waals surface area (Å²) in [6, 6.07) is 26.8. The van der Waals surface area contributed by atoms with Gasteiger partial charge in [0.15, 0.2) is 0 Å². The SMILES string of the molecule is O=C1C(=Cc2cc(Cl)ccc2OCc2ccccc2F)C(=O)N(c2ccccc2)C(=O)N1c1ccccc1.